The summed E-state index contributed by atoms with van der Waals surface area (Å²) in [5.41, 5.74) is 2.08. The maximum Gasteiger partial charge on any atom is 0.127 e. The molecule has 2 rings (SSSR count). The lowest BCUT2D eigenvalue weighted by Crippen LogP contribution is -2.17. The fourth-order valence-electron chi connectivity index (χ4n) is 1.83. The average molecular weight is 280 g/mol. The summed E-state index contributed by atoms with van der Waals surface area (Å²) in [6.07, 6.45) is 4.46. The van der Waals surface area contributed by atoms with Gasteiger partial charge in [-0.15, -0.1) is 0 Å². The SMILES string of the molecule is COCCOCCOc1cc(C)ncc1CNC1CC1. The number of ether oxygens (including phenoxy) is 3. The molecule has 1 saturated carbocycles. The fraction of sp³-hybridized carbons (Fsp3) is 0.667. The van der Waals surface area contributed by atoms with E-state index in [2.05, 4.69) is 10.3 Å². The van der Waals surface area contributed by atoms with Crippen molar-refractivity contribution in [1.82, 2.24) is 10.3 Å². The number of aryl methyl sites for hydroxylation is 1. The molecule has 0 amide bonds. The Balaban J connectivity index is 1.76. The molecule has 0 aromatic carbocycles. The number of methoxy groups -OCH3 is 1. The average Bonchev–Trinajstić information content (AvgIpc) is 3.26. The van der Waals surface area contributed by atoms with E-state index in [1.54, 1.807) is 7.11 Å². The number of pyridine rings is 1. The third-order valence-electron chi connectivity index (χ3n) is 3.16. The topological polar surface area (TPSA) is 52.6 Å². The number of nitrogens with zero attached hydrogens (tertiary/aromatic N) is 1. The first kappa shape index (κ1) is 15.2. The molecule has 0 radical (unpaired) electrons. The van der Waals surface area contributed by atoms with Gasteiger partial charge in [0.15, 0.2) is 0 Å². The largest absolute Gasteiger partial charge is 0.491 e. The first-order valence-corrected chi connectivity index (χ1v) is 7.18. The van der Waals surface area contributed by atoms with Gasteiger partial charge in [0.1, 0.15) is 12.4 Å². The lowest BCUT2D eigenvalue weighted by atomic mass is 10.2. The lowest BCUT2D eigenvalue weighted by molar-refractivity contribution is 0.0542. The van der Waals surface area contributed by atoms with E-state index in [-0.39, 0.29) is 0 Å². The van der Waals surface area contributed by atoms with Crippen LogP contribution in [0.5, 0.6) is 5.75 Å². The fourth-order valence-corrected chi connectivity index (χ4v) is 1.83. The van der Waals surface area contributed by atoms with Crippen LogP contribution in [0.2, 0.25) is 0 Å². The zero-order valence-corrected chi connectivity index (χ0v) is 12.4. The second-order valence-corrected chi connectivity index (χ2v) is 5.04. The predicted octanol–water partition coefficient (Wildman–Crippen LogP) is 1.68. The Kier molecular flexibility index (Phi) is 6.24. The Bertz CT molecular complexity index is 408. The van der Waals surface area contributed by atoms with Crippen molar-refractivity contribution in [1.29, 1.82) is 0 Å². The van der Waals surface area contributed by atoms with Crippen LogP contribution in [0.3, 0.4) is 0 Å². The molecule has 20 heavy (non-hydrogen) atoms. The zero-order chi connectivity index (χ0) is 14.2. The predicted molar refractivity (Wildman–Crippen MR) is 77.0 cm³/mol. The first-order chi connectivity index (χ1) is 9.79. The van der Waals surface area contributed by atoms with Gasteiger partial charge in [0, 0.05) is 43.2 Å². The molecular formula is C15H24N2O3. The molecule has 0 spiro atoms. The molecule has 5 nitrogen and oxygen atoms in total. The van der Waals surface area contributed by atoms with E-state index in [9.17, 15) is 0 Å². The van der Waals surface area contributed by atoms with E-state index in [1.165, 1.54) is 12.8 Å². The monoisotopic (exact) mass is 280 g/mol. The molecule has 0 unspecified atom stereocenters. The van der Waals surface area contributed by atoms with Gasteiger partial charge in [-0.05, 0) is 19.8 Å². The minimum absolute atomic E-state index is 0.545. The molecule has 112 valence electrons. The van der Waals surface area contributed by atoms with Crippen molar-refractivity contribution in [2.24, 2.45) is 0 Å². The van der Waals surface area contributed by atoms with E-state index in [0.29, 0.717) is 32.5 Å². The maximum absolute atomic E-state index is 5.81. The van der Waals surface area contributed by atoms with Gasteiger partial charge in [-0.2, -0.15) is 0 Å². The van der Waals surface area contributed by atoms with E-state index in [4.69, 9.17) is 14.2 Å². The standard InChI is InChI=1S/C15H24N2O3/c1-12-9-15(20-8-7-19-6-5-18-2)13(10-16-12)11-17-14-3-4-14/h9-10,14,17H,3-8,11H2,1-2H3. The molecule has 1 N–H and O–H groups in total. The molecule has 0 bridgehead atoms. The van der Waals surface area contributed by atoms with Crippen LogP contribution in [-0.2, 0) is 16.0 Å². The Labute approximate surface area is 120 Å². The van der Waals surface area contributed by atoms with E-state index in [0.717, 1.165) is 23.6 Å². The summed E-state index contributed by atoms with van der Waals surface area (Å²) >= 11 is 0. The maximum atomic E-state index is 5.81. The van der Waals surface area contributed by atoms with Crippen LogP contribution >= 0.6 is 0 Å². The van der Waals surface area contributed by atoms with Crippen molar-refractivity contribution in [3.63, 3.8) is 0 Å². The third-order valence-corrected chi connectivity index (χ3v) is 3.16. The molecule has 1 aliphatic rings. The Morgan fingerprint density at radius 1 is 1.25 bits per heavy atom. The Morgan fingerprint density at radius 3 is 2.80 bits per heavy atom. The van der Waals surface area contributed by atoms with Gasteiger partial charge in [-0.3, -0.25) is 4.98 Å². The second kappa shape index (κ2) is 8.19. The number of hydrogen-bond donors (Lipinski definition) is 1. The third kappa shape index (κ3) is 5.45. The minimum Gasteiger partial charge on any atom is -0.491 e. The van der Waals surface area contributed by atoms with Crippen LogP contribution < -0.4 is 10.1 Å². The lowest BCUT2D eigenvalue weighted by Gasteiger charge is -2.12. The molecule has 1 fully saturated rings. The first-order valence-electron chi connectivity index (χ1n) is 7.18. The summed E-state index contributed by atoms with van der Waals surface area (Å²) in [6.45, 7) is 5.12. The molecule has 1 aromatic rings. The summed E-state index contributed by atoms with van der Waals surface area (Å²) in [4.78, 5) is 4.34. The van der Waals surface area contributed by atoms with Gasteiger partial charge in [-0.1, -0.05) is 0 Å². The highest BCUT2D eigenvalue weighted by atomic mass is 16.5. The van der Waals surface area contributed by atoms with Crippen LogP contribution in [0.25, 0.3) is 0 Å². The highest BCUT2D eigenvalue weighted by Crippen LogP contribution is 2.22. The van der Waals surface area contributed by atoms with Gasteiger partial charge in [0.25, 0.3) is 0 Å². The van der Waals surface area contributed by atoms with Crippen LogP contribution in [0.4, 0.5) is 0 Å². The van der Waals surface area contributed by atoms with Gasteiger partial charge in [-0.25, -0.2) is 0 Å². The summed E-state index contributed by atoms with van der Waals surface area (Å²) in [7, 11) is 1.67. The Morgan fingerprint density at radius 2 is 2.05 bits per heavy atom. The van der Waals surface area contributed by atoms with Crippen molar-refractivity contribution in [2.45, 2.75) is 32.4 Å². The molecule has 1 heterocycles. The molecule has 1 aromatic heterocycles. The summed E-state index contributed by atoms with van der Waals surface area (Å²) in [6, 6.07) is 2.67. The van der Waals surface area contributed by atoms with Crippen LogP contribution in [-0.4, -0.2) is 44.6 Å². The van der Waals surface area contributed by atoms with Crippen LogP contribution in [0.15, 0.2) is 12.3 Å². The normalized spacial score (nSPS) is 14.5. The van der Waals surface area contributed by atoms with Crippen LogP contribution in [0.1, 0.15) is 24.1 Å². The van der Waals surface area contributed by atoms with Crippen molar-refractivity contribution in [3.8, 4) is 5.75 Å². The summed E-state index contributed by atoms with van der Waals surface area (Å²) in [5.74, 6) is 0.904. The van der Waals surface area contributed by atoms with E-state index in [1.807, 2.05) is 19.2 Å². The Hall–Kier alpha value is -1.17. The summed E-state index contributed by atoms with van der Waals surface area (Å²) in [5, 5.41) is 3.48. The number of rotatable bonds is 10. The summed E-state index contributed by atoms with van der Waals surface area (Å²) < 4.78 is 16.1. The van der Waals surface area contributed by atoms with Crippen molar-refractivity contribution in [3.05, 3.63) is 23.5 Å². The molecule has 0 saturated heterocycles. The highest BCUT2D eigenvalue weighted by Gasteiger charge is 2.20. The minimum atomic E-state index is 0.545. The van der Waals surface area contributed by atoms with E-state index < -0.39 is 0 Å². The van der Waals surface area contributed by atoms with E-state index >= 15 is 0 Å². The quantitative estimate of drug-likeness (QED) is 0.661. The smallest absolute Gasteiger partial charge is 0.127 e. The van der Waals surface area contributed by atoms with Gasteiger partial charge in [0.2, 0.25) is 0 Å². The van der Waals surface area contributed by atoms with Gasteiger partial charge < -0.3 is 19.5 Å². The molecule has 0 aliphatic heterocycles. The van der Waals surface area contributed by atoms with Crippen LogP contribution in [0, 0.1) is 6.92 Å². The molecular weight excluding hydrogens is 256 g/mol. The molecule has 5 heteroatoms. The number of hydrogen-bond acceptors (Lipinski definition) is 5. The van der Waals surface area contributed by atoms with Gasteiger partial charge in [0.05, 0.1) is 19.8 Å². The molecule has 0 atom stereocenters. The zero-order valence-electron chi connectivity index (χ0n) is 12.4. The number of aromatic nitrogens is 1. The van der Waals surface area contributed by atoms with Crippen molar-refractivity contribution < 1.29 is 14.2 Å². The molecule has 1 aliphatic carbocycles. The second-order valence-electron chi connectivity index (χ2n) is 5.04. The van der Waals surface area contributed by atoms with Crippen molar-refractivity contribution >= 4 is 0 Å². The highest BCUT2D eigenvalue weighted by molar-refractivity contribution is 5.32. The number of nitrogens with one attached hydrogen (secondary N) is 1. The van der Waals surface area contributed by atoms with Gasteiger partial charge >= 0.3 is 0 Å². The van der Waals surface area contributed by atoms with Crippen molar-refractivity contribution in [2.75, 3.05) is 33.5 Å².